The SMILES string of the molecule is COc1ccc(OCC2CCC2)c(C=CC(=O)O)c1. The molecule has 0 amide bonds. The van der Waals surface area contributed by atoms with E-state index in [0.717, 1.165) is 11.6 Å². The van der Waals surface area contributed by atoms with Crippen molar-refractivity contribution < 1.29 is 19.4 Å². The van der Waals surface area contributed by atoms with Crippen molar-refractivity contribution >= 4 is 12.0 Å². The summed E-state index contributed by atoms with van der Waals surface area (Å²) in [6, 6.07) is 5.41. The molecule has 0 aliphatic heterocycles. The number of carbonyl (C=O) groups is 1. The quantitative estimate of drug-likeness (QED) is 0.801. The molecule has 0 radical (unpaired) electrons. The van der Waals surface area contributed by atoms with Gasteiger partial charge < -0.3 is 14.6 Å². The molecule has 0 saturated heterocycles. The molecule has 1 aromatic rings. The maximum Gasteiger partial charge on any atom is 0.328 e. The summed E-state index contributed by atoms with van der Waals surface area (Å²) in [6.45, 7) is 0.695. The Hall–Kier alpha value is -1.97. The van der Waals surface area contributed by atoms with E-state index < -0.39 is 5.97 Å². The Bertz CT molecular complexity index is 475. The molecule has 1 N–H and O–H groups in total. The van der Waals surface area contributed by atoms with Crippen molar-refractivity contribution in [2.45, 2.75) is 19.3 Å². The Balaban J connectivity index is 2.12. The van der Waals surface area contributed by atoms with Crippen molar-refractivity contribution in [3.05, 3.63) is 29.8 Å². The standard InChI is InChI=1S/C15H18O4/c1-18-13-6-7-14(19-10-11-3-2-4-11)12(9-13)5-8-15(16)17/h5-9,11H,2-4,10H2,1H3,(H,16,17). The monoisotopic (exact) mass is 262 g/mol. The van der Waals surface area contributed by atoms with E-state index >= 15 is 0 Å². The number of aliphatic carboxylic acids is 1. The Kier molecular flexibility index (Phi) is 4.44. The van der Waals surface area contributed by atoms with Gasteiger partial charge in [0.15, 0.2) is 0 Å². The summed E-state index contributed by atoms with van der Waals surface area (Å²) in [7, 11) is 1.58. The van der Waals surface area contributed by atoms with E-state index in [9.17, 15) is 4.79 Å². The minimum atomic E-state index is -0.979. The van der Waals surface area contributed by atoms with Crippen LogP contribution in [-0.2, 0) is 4.79 Å². The van der Waals surface area contributed by atoms with Crippen LogP contribution >= 0.6 is 0 Å². The molecular weight excluding hydrogens is 244 g/mol. The Morgan fingerprint density at radius 3 is 2.84 bits per heavy atom. The minimum Gasteiger partial charge on any atom is -0.497 e. The number of hydrogen-bond donors (Lipinski definition) is 1. The fourth-order valence-corrected chi connectivity index (χ4v) is 1.94. The van der Waals surface area contributed by atoms with Crippen LogP contribution in [0.2, 0.25) is 0 Å². The van der Waals surface area contributed by atoms with Gasteiger partial charge in [0.05, 0.1) is 13.7 Å². The molecule has 19 heavy (non-hydrogen) atoms. The van der Waals surface area contributed by atoms with Gasteiger partial charge in [-0.3, -0.25) is 0 Å². The summed E-state index contributed by atoms with van der Waals surface area (Å²) in [5, 5.41) is 8.70. The molecule has 102 valence electrons. The number of benzene rings is 1. The molecule has 0 aromatic heterocycles. The predicted molar refractivity (Wildman–Crippen MR) is 72.5 cm³/mol. The van der Waals surface area contributed by atoms with E-state index in [0.29, 0.717) is 24.0 Å². The molecule has 1 aromatic carbocycles. The first kappa shape index (κ1) is 13.5. The van der Waals surface area contributed by atoms with Gasteiger partial charge >= 0.3 is 5.97 Å². The third-order valence-electron chi connectivity index (χ3n) is 3.32. The molecule has 0 spiro atoms. The van der Waals surface area contributed by atoms with Crippen LogP contribution in [-0.4, -0.2) is 24.8 Å². The number of hydrogen-bond acceptors (Lipinski definition) is 3. The summed E-state index contributed by atoms with van der Waals surface area (Å²) >= 11 is 0. The zero-order valence-corrected chi connectivity index (χ0v) is 11.0. The third kappa shape index (κ3) is 3.74. The first-order chi connectivity index (χ1) is 9.19. The molecule has 4 nitrogen and oxygen atoms in total. The van der Waals surface area contributed by atoms with Crippen molar-refractivity contribution in [3.63, 3.8) is 0 Å². The lowest BCUT2D eigenvalue weighted by molar-refractivity contribution is -0.131. The van der Waals surface area contributed by atoms with E-state index in [1.54, 1.807) is 13.2 Å². The van der Waals surface area contributed by atoms with Gasteiger partial charge in [-0.25, -0.2) is 4.79 Å². The average Bonchev–Trinajstić information content (AvgIpc) is 2.35. The van der Waals surface area contributed by atoms with Crippen LogP contribution < -0.4 is 9.47 Å². The second-order valence-electron chi connectivity index (χ2n) is 4.68. The van der Waals surface area contributed by atoms with Crippen molar-refractivity contribution in [2.24, 2.45) is 5.92 Å². The van der Waals surface area contributed by atoms with Crippen molar-refractivity contribution in [3.8, 4) is 11.5 Å². The van der Waals surface area contributed by atoms with Gasteiger partial charge in [-0.15, -0.1) is 0 Å². The number of rotatable bonds is 6. The number of methoxy groups -OCH3 is 1. The summed E-state index contributed by atoms with van der Waals surface area (Å²) in [6.07, 6.45) is 6.35. The van der Waals surface area contributed by atoms with E-state index in [2.05, 4.69) is 0 Å². The van der Waals surface area contributed by atoms with Crippen LogP contribution in [0.25, 0.3) is 6.08 Å². The smallest absolute Gasteiger partial charge is 0.328 e. The molecule has 1 aliphatic rings. The number of ether oxygens (including phenoxy) is 2. The van der Waals surface area contributed by atoms with Crippen molar-refractivity contribution in [2.75, 3.05) is 13.7 Å². The summed E-state index contributed by atoms with van der Waals surface area (Å²) in [4.78, 5) is 10.6. The first-order valence-corrected chi connectivity index (χ1v) is 6.41. The second kappa shape index (κ2) is 6.27. The fourth-order valence-electron chi connectivity index (χ4n) is 1.94. The van der Waals surface area contributed by atoms with Crippen molar-refractivity contribution in [1.82, 2.24) is 0 Å². The zero-order valence-electron chi connectivity index (χ0n) is 11.0. The molecule has 1 saturated carbocycles. The van der Waals surface area contributed by atoms with E-state index in [1.807, 2.05) is 12.1 Å². The lowest BCUT2D eigenvalue weighted by Crippen LogP contribution is -2.19. The van der Waals surface area contributed by atoms with Gasteiger partial charge in [0.25, 0.3) is 0 Å². The molecule has 4 heteroatoms. The van der Waals surface area contributed by atoms with Crippen LogP contribution in [0.15, 0.2) is 24.3 Å². The number of carboxylic acid groups (broad SMARTS) is 1. The average molecular weight is 262 g/mol. The van der Waals surface area contributed by atoms with Gasteiger partial charge in [0.1, 0.15) is 11.5 Å². The first-order valence-electron chi connectivity index (χ1n) is 6.41. The summed E-state index contributed by atoms with van der Waals surface area (Å²) < 4.78 is 10.9. The Morgan fingerprint density at radius 2 is 2.26 bits per heavy atom. The molecule has 0 bridgehead atoms. The molecule has 2 rings (SSSR count). The maximum absolute atomic E-state index is 10.6. The van der Waals surface area contributed by atoms with Gasteiger partial charge in [-0.05, 0) is 43.0 Å². The third-order valence-corrected chi connectivity index (χ3v) is 3.32. The van der Waals surface area contributed by atoms with Crippen LogP contribution in [0.5, 0.6) is 11.5 Å². The van der Waals surface area contributed by atoms with Crippen LogP contribution in [0.1, 0.15) is 24.8 Å². The van der Waals surface area contributed by atoms with Crippen LogP contribution in [0, 0.1) is 5.92 Å². The lowest BCUT2D eigenvalue weighted by Gasteiger charge is -2.25. The highest BCUT2D eigenvalue weighted by atomic mass is 16.5. The molecule has 1 aliphatic carbocycles. The maximum atomic E-state index is 10.6. The predicted octanol–water partition coefficient (Wildman–Crippen LogP) is 2.97. The normalized spacial score (nSPS) is 15.2. The van der Waals surface area contributed by atoms with E-state index in [1.165, 1.54) is 25.3 Å². The molecule has 1 fully saturated rings. The van der Waals surface area contributed by atoms with E-state index in [4.69, 9.17) is 14.6 Å². The van der Waals surface area contributed by atoms with Gasteiger partial charge in [0, 0.05) is 11.6 Å². The largest absolute Gasteiger partial charge is 0.497 e. The Morgan fingerprint density at radius 1 is 1.47 bits per heavy atom. The summed E-state index contributed by atoms with van der Waals surface area (Å²) in [5.41, 5.74) is 0.723. The highest BCUT2D eigenvalue weighted by molar-refractivity contribution is 5.86. The molecule has 0 unspecified atom stereocenters. The number of carboxylic acids is 1. The van der Waals surface area contributed by atoms with Gasteiger partial charge in [0.2, 0.25) is 0 Å². The molecule has 0 atom stereocenters. The van der Waals surface area contributed by atoms with Crippen LogP contribution in [0.3, 0.4) is 0 Å². The van der Waals surface area contributed by atoms with E-state index in [-0.39, 0.29) is 0 Å². The van der Waals surface area contributed by atoms with Crippen LogP contribution in [0.4, 0.5) is 0 Å². The van der Waals surface area contributed by atoms with Crippen molar-refractivity contribution in [1.29, 1.82) is 0 Å². The molecule has 0 heterocycles. The minimum absolute atomic E-state index is 0.637. The lowest BCUT2D eigenvalue weighted by atomic mass is 9.86. The fraction of sp³-hybridized carbons (Fsp3) is 0.400. The molecular formula is C15H18O4. The highest BCUT2D eigenvalue weighted by Gasteiger charge is 2.18. The van der Waals surface area contributed by atoms with Gasteiger partial charge in [-0.1, -0.05) is 6.42 Å². The summed E-state index contributed by atoms with van der Waals surface area (Å²) in [5.74, 6) is 1.04. The Labute approximate surface area is 112 Å². The second-order valence-corrected chi connectivity index (χ2v) is 4.68. The highest BCUT2D eigenvalue weighted by Crippen LogP contribution is 2.30. The van der Waals surface area contributed by atoms with Gasteiger partial charge in [-0.2, -0.15) is 0 Å². The topological polar surface area (TPSA) is 55.8 Å². The zero-order chi connectivity index (χ0) is 13.7.